The highest BCUT2D eigenvalue weighted by molar-refractivity contribution is 5.97. The Labute approximate surface area is 85.4 Å². The zero-order valence-corrected chi connectivity index (χ0v) is 7.75. The molecule has 15 heavy (non-hydrogen) atoms. The maximum absolute atomic E-state index is 13.6. The standard InChI is InChI=1S/C10H8FN3O/c11-10(14-7-12-6-13-14)9(15)8-4-2-1-3-5-8/h1-7,10H/t10-/m1/s1. The van der Waals surface area contributed by atoms with Crippen molar-refractivity contribution in [2.45, 2.75) is 6.30 Å². The molecule has 76 valence electrons. The first-order valence-electron chi connectivity index (χ1n) is 4.36. The molecular formula is C10H8FN3O. The SMILES string of the molecule is O=C(c1ccccc1)[C@H](F)n1cncn1. The second-order valence-corrected chi connectivity index (χ2v) is 2.94. The number of alkyl halides is 1. The van der Waals surface area contributed by atoms with Gasteiger partial charge in [-0.15, -0.1) is 0 Å². The average Bonchev–Trinajstić information content (AvgIpc) is 2.82. The second-order valence-electron chi connectivity index (χ2n) is 2.94. The monoisotopic (exact) mass is 205 g/mol. The fourth-order valence-corrected chi connectivity index (χ4v) is 1.19. The van der Waals surface area contributed by atoms with E-state index >= 15 is 0 Å². The number of benzene rings is 1. The minimum atomic E-state index is -1.81. The Hall–Kier alpha value is -2.04. The number of halogens is 1. The van der Waals surface area contributed by atoms with Gasteiger partial charge in [0.05, 0.1) is 0 Å². The lowest BCUT2D eigenvalue weighted by Crippen LogP contribution is -2.15. The van der Waals surface area contributed by atoms with Crippen molar-refractivity contribution in [2.75, 3.05) is 0 Å². The van der Waals surface area contributed by atoms with Gasteiger partial charge in [-0.1, -0.05) is 30.3 Å². The van der Waals surface area contributed by atoms with Gasteiger partial charge in [-0.05, 0) is 0 Å². The maximum atomic E-state index is 13.6. The first-order chi connectivity index (χ1) is 7.29. The maximum Gasteiger partial charge on any atom is 0.255 e. The molecule has 1 atom stereocenters. The summed E-state index contributed by atoms with van der Waals surface area (Å²) in [6.45, 7) is 0. The molecule has 0 radical (unpaired) electrons. The molecule has 0 fully saturated rings. The van der Waals surface area contributed by atoms with E-state index in [0.717, 1.165) is 4.68 Å². The number of hydrogen-bond donors (Lipinski definition) is 0. The number of rotatable bonds is 3. The fourth-order valence-electron chi connectivity index (χ4n) is 1.19. The van der Waals surface area contributed by atoms with Gasteiger partial charge >= 0.3 is 0 Å². The van der Waals surface area contributed by atoms with Crippen molar-refractivity contribution in [3.8, 4) is 0 Å². The van der Waals surface area contributed by atoms with Crippen molar-refractivity contribution in [2.24, 2.45) is 0 Å². The predicted molar refractivity (Wildman–Crippen MR) is 50.9 cm³/mol. The third kappa shape index (κ3) is 1.90. The van der Waals surface area contributed by atoms with Crippen LogP contribution in [0.1, 0.15) is 16.7 Å². The quantitative estimate of drug-likeness (QED) is 0.715. The minimum absolute atomic E-state index is 0.320. The molecule has 0 aliphatic carbocycles. The van der Waals surface area contributed by atoms with Crippen LogP contribution in [0.3, 0.4) is 0 Å². The van der Waals surface area contributed by atoms with Crippen LogP contribution in [0.25, 0.3) is 0 Å². The molecule has 1 heterocycles. The molecule has 0 bridgehead atoms. The molecule has 0 N–H and O–H groups in total. The number of ketones is 1. The number of carbonyl (C=O) groups excluding carboxylic acids is 1. The second kappa shape index (κ2) is 4.00. The van der Waals surface area contributed by atoms with E-state index in [1.165, 1.54) is 12.7 Å². The highest BCUT2D eigenvalue weighted by Gasteiger charge is 2.20. The highest BCUT2D eigenvalue weighted by atomic mass is 19.1. The summed E-state index contributed by atoms with van der Waals surface area (Å²) < 4.78 is 14.4. The Morgan fingerprint density at radius 2 is 2.07 bits per heavy atom. The van der Waals surface area contributed by atoms with Crippen LogP contribution in [0.2, 0.25) is 0 Å². The van der Waals surface area contributed by atoms with Gasteiger partial charge in [0.1, 0.15) is 12.7 Å². The van der Waals surface area contributed by atoms with Crippen LogP contribution in [0.15, 0.2) is 43.0 Å². The Morgan fingerprint density at radius 3 is 2.67 bits per heavy atom. The summed E-state index contributed by atoms with van der Waals surface area (Å²) in [5, 5.41) is 3.57. The molecule has 5 heteroatoms. The molecule has 0 unspecified atom stereocenters. The smallest absolute Gasteiger partial charge is 0.255 e. The summed E-state index contributed by atoms with van der Waals surface area (Å²) in [6.07, 6.45) is 0.547. The third-order valence-electron chi connectivity index (χ3n) is 1.94. The molecular weight excluding hydrogens is 197 g/mol. The molecule has 0 aliphatic heterocycles. The Balaban J connectivity index is 2.23. The van der Waals surface area contributed by atoms with Gasteiger partial charge in [-0.25, -0.2) is 14.1 Å². The van der Waals surface area contributed by atoms with Gasteiger partial charge in [-0.2, -0.15) is 5.10 Å². The lowest BCUT2D eigenvalue weighted by atomic mass is 10.1. The predicted octanol–water partition coefficient (Wildman–Crippen LogP) is 1.63. The zero-order chi connectivity index (χ0) is 10.7. The topological polar surface area (TPSA) is 47.8 Å². The van der Waals surface area contributed by atoms with E-state index in [1.54, 1.807) is 30.3 Å². The van der Waals surface area contributed by atoms with Gasteiger partial charge in [-0.3, -0.25) is 4.79 Å². The van der Waals surface area contributed by atoms with Crippen LogP contribution in [-0.2, 0) is 0 Å². The molecule has 0 spiro atoms. The molecule has 0 saturated heterocycles. The molecule has 2 rings (SSSR count). The summed E-state index contributed by atoms with van der Waals surface area (Å²) in [5.41, 5.74) is 0.320. The van der Waals surface area contributed by atoms with Crippen molar-refractivity contribution in [1.29, 1.82) is 0 Å². The average molecular weight is 205 g/mol. The number of nitrogens with zero attached hydrogens (tertiary/aromatic N) is 3. The van der Waals surface area contributed by atoms with Crippen LogP contribution in [-0.4, -0.2) is 20.5 Å². The van der Waals surface area contributed by atoms with Gasteiger partial charge in [0.25, 0.3) is 6.30 Å². The van der Waals surface area contributed by atoms with E-state index in [-0.39, 0.29) is 0 Å². The number of Topliss-reactive ketones (excluding diaryl/α,β-unsaturated/α-hetero) is 1. The van der Waals surface area contributed by atoms with E-state index in [9.17, 15) is 9.18 Å². The van der Waals surface area contributed by atoms with Crippen LogP contribution in [0.5, 0.6) is 0 Å². The molecule has 1 aromatic heterocycles. The fraction of sp³-hybridized carbons (Fsp3) is 0.100. The van der Waals surface area contributed by atoms with Crippen LogP contribution < -0.4 is 0 Å². The van der Waals surface area contributed by atoms with E-state index in [2.05, 4.69) is 10.1 Å². The first kappa shape index (κ1) is 9.51. The lowest BCUT2D eigenvalue weighted by Gasteiger charge is -2.06. The summed E-state index contributed by atoms with van der Waals surface area (Å²) in [5.74, 6) is -0.624. The zero-order valence-electron chi connectivity index (χ0n) is 7.75. The molecule has 2 aromatic rings. The number of aromatic nitrogens is 3. The Bertz CT molecular complexity index is 441. The molecule has 0 amide bonds. The highest BCUT2D eigenvalue weighted by Crippen LogP contribution is 2.13. The van der Waals surface area contributed by atoms with Gasteiger partial charge in [0.2, 0.25) is 5.78 Å². The normalized spacial score (nSPS) is 12.3. The van der Waals surface area contributed by atoms with Crippen molar-refractivity contribution >= 4 is 5.78 Å². The van der Waals surface area contributed by atoms with E-state index in [4.69, 9.17) is 0 Å². The molecule has 0 saturated carbocycles. The van der Waals surface area contributed by atoms with Crippen LogP contribution in [0, 0.1) is 0 Å². The molecule has 0 aliphatic rings. The third-order valence-corrected chi connectivity index (χ3v) is 1.94. The summed E-state index contributed by atoms with van der Waals surface area (Å²) in [4.78, 5) is 15.2. The lowest BCUT2D eigenvalue weighted by molar-refractivity contribution is 0.0779. The van der Waals surface area contributed by atoms with Crippen LogP contribution in [0.4, 0.5) is 4.39 Å². The minimum Gasteiger partial charge on any atom is -0.289 e. The molecule has 1 aromatic carbocycles. The van der Waals surface area contributed by atoms with E-state index in [1.807, 2.05) is 0 Å². The van der Waals surface area contributed by atoms with E-state index < -0.39 is 12.1 Å². The van der Waals surface area contributed by atoms with Gasteiger partial charge in [0, 0.05) is 5.56 Å². The van der Waals surface area contributed by atoms with Crippen molar-refractivity contribution < 1.29 is 9.18 Å². The van der Waals surface area contributed by atoms with Crippen molar-refractivity contribution in [1.82, 2.24) is 14.8 Å². The summed E-state index contributed by atoms with van der Waals surface area (Å²) in [6, 6.07) is 8.25. The van der Waals surface area contributed by atoms with Gasteiger partial charge < -0.3 is 0 Å². The Kier molecular flexibility index (Phi) is 2.53. The number of hydrogen-bond acceptors (Lipinski definition) is 3. The van der Waals surface area contributed by atoms with Crippen molar-refractivity contribution in [3.63, 3.8) is 0 Å². The number of carbonyl (C=O) groups is 1. The van der Waals surface area contributed by atoms with Gasteiger partial charge in [0.15, 0.2) is 0 Å². The summed E-state index contributed by atoms with van der Waals surface area (Å²) >= 11 is 0. The van der Waals surface area contributed by atoms with E-state index in [0.29, 0.717) is 5.56 Å². The van der Waals surface area contributed by atoms with Crippen LogP contribution >= 0.6 is 0 Å². The largest absolute Gasteiger partial charge is 0.289 e. The van der Waals surface area contributed by atoms with Crippen molar-refractivity contribution in [3.05, 3.63) is 48.5 Å². The molecule has 4 nitrogen and oxygen atoms in total. The first-order valence-corrected chi connectivity index (χ1v) is 4.36. The summed E-state index contributed by atoms with van der Waals surface area (Å²) in [7, 11) is 0. The Morgan fingerprint density at radius 1 is 1.33 bits per heavy atom.